The highest BCUT2D eigenvalue weighted by Crippen LogP contribution is 2.46. The first-order valence-corrected chi connectivity index (χ1v) is 12.8. The first-order chi connectivity index (χ1) is 15.9. The van der Waals surface area contributed by atoms with Crippen LogP contribution in [0.1, 0.15) is 66.7 Å². The number of hydrogen-bond donors (Lipinski definition) is 1. The van der Waals surface area contributed by atoms with Gasteiger partial charge in [0.05, 0.1) is 6.04 Å². The number of allylic oxidation sites excluding steroid dienone is 4. The fourth-order valence-corrected chi connectivity index (χ4v) is 6.17. The Morgan fingerprint density at radius 1 is 1.21 bits per heavy atom. The molecule has 1 amide bonds. The first-order valence-electron chi connectivity index (χ1n) is 11.6. The number of rotatable bonds is 3. The molecular weight excluding hydrogens is 434 g/mol. The van der Waals surface area contributed by atoms with Crippen LogP contribution in [0.3, 0.4) is 0 Å². The molecule has 33 heavy (non-hydrogen) atoms. The van der Waals surface area contributed by atoms with Gasteiger partial charge in [-0.15, -0.1) is 0 Å². The van der Waals surface area contributed by atoms with Crippen LogP contribution in [0.4, 0.5) is 0 Å². The summed E-state index contributed by atoms with van der Waals surface area (Å²) < 4.78 is 1.85. The van der Waals surface area contributed by atoms with Gasteiger partial charge in [-0.2, -0.15) is 4.98 Å². The zero-order chi connectivity index (χ0) is 23.3. The third-order valence-electron chi connectivity index (χ3n) is 7.20. The summed E-state index contributed by atoms with van der Waals surface area (Å²) in [7, 11) is 0. The van der Waals surface area contributed by atoms with Crippen LogP contribution < -0.4 is 5.56 Å². The Kier molecular flexibility index (Phi) is 5.69. The summed E-state index contributed by atoms with van der Waals surface area (Å²) in [4.78, 5) is 31.8. The minimum atomic E-state index is -0.746. The monoisotopic (exact) mass is 463 g/mol. The number of amides is 1. The molecule has 0 radical (unpaired) electrons. The van der Waals surface area contributed by atoms with E-state index in [1.54, 1.807) is 4.90 Å². The summed E-state index contributed by atoms with van der Waals surface area (Å²) in [6.07, 6.45) is 10.3. The summed E-state index contributed by atoms with van der Waals surface area (Å²) in [6, 6.07) is 8.38. The number of benzene rings is 1. The molecule has 6 nitrogen and oxygen atoms in total. The van der Waals surface area contributed by atoms with E-state index in [0.29, 0.717) is 11.7 Å². The van der Waals surface area contributed by atoms with Crippen LogP contribution in [0.5, 0.6) is 5.75 Å². The van der Waals surface area contributed by atoms with E-state index in [2.05, 4.69) is 41.4 Å². The van der Waals surface area contributed by atoms with Crippen molar-refractivity contribution >= 4 is 17.7 Å². The van der Waals surface area contributed by atoms with E-state index in [4.69, 9.17) is 0 Å². The maximum Gasteiger partial charge on any atom is 0.316 e. The van der Waals surface area contributed by atoms with Crippen LogP contribution in [0, 0.1) is 0 Å². The number of aromatic nitrogens is 2. The number of aromatic hydroxyl groups is 1. The largest absolute Gasteiger partial charge is 0.501 e. The Bertz CT molecular complexity index is 1240. The minimum absolute atomic E-state index is 0.0560. The first kappa shape index (κ1) is 22.0. The van der Waals surface area contributed by atoms with Gasteiger partial charge < -0.3 is 14.6 Å². The van der Waals surface area contributed by atoms with Gasteiger partial charge in [0.15, 0.2) is 10.9 Å². The van der Waals surface area contributed by atoms with E-state index >= 15 is 0 Å². The number of thioether (sulfide) groups is 1. The van der Waals surface area contributed by atoms with E-state index < -0.39 is 11.3 Å². The predicted octanol–water partition coefficient (Wildman–Crippen LogP) is 4.45. The topological polar surface area (TPSA) is 75.4 Å². The maximum absolute atomic E-state index is 13.4. The number of carbonyl (C=O) groups excluding carboxylic acids is 1. The molecular formula is C26H29N3O3S. The standard InChI is InChI=1S/C26H29N3O3S/c1-15(2)28-14-21(29-22(25(28)32)23(30)24(31)27-26(29)33-3)20-13-17-9-5-4-8-16(17)12-18-10-6-7-11-19(18)20/h5-7,9-11,15,20-21,30H,4,8,12-14H2,1-3H3/t20?,21-/m1/s1. The smallest absolute Gasteiger partial charge is 0.316 e. The molecule has 0 spiro atoms. The van der Waals surface area contributed by atoms with Crippen molar-refractivity contribution in [2.75, 3.05) is 12.8 Å². The van der Waals surface area contributed by atoms with Gasteiger partial charge in [0.1, 0.15) is 0 Å². The van der Waals surface area contributed by atoms with Crippen LogP contribution >= 0.6 is 11.8 Å². The van der Waals surface area contributed by atoms with Crippen LogP contribution in [0.25, 0.3) is 0 Å². The number of carbonyl (C=O) groups is 1. The van der Waals surface area contributed by atoms with Crippen LogP contribution in [-0.4, -0.2) is 44.3 Å². The molecule has 2 atom stereocenters. The molecule has 1 N–H and O–H groups in total. The Morgan fingerprint density at radius 3 is 2.76 bits per heavy atom. The molecule has 0 bridgehead atoms. The van der Waals surface area contributed by atoms with Crippen molar-refractivity contribution in [3.63, 3.8) is 0 Å². The summed E-state index contributed by atoms with van der Waals surface area (Å²) in [6.45, 7) is 4.45. The van der Waals surface area contributed by atoms with Crippen molar-refractivity contribution in [2.45, 2.75) is 62.7 Å². The second kappa shape index (κ2) is 8.52. The van der Waals surface area contributed by atoms with E-state index in [-0.39, 0.29) is 29.6 Å². The molecule has 1 unspecified atom stereocenters. The van der Waals surface area contributed by atoms with Crippen molar-refractivity contribution in [3.05, 3.63) is 74.7 Å². The third kappa shape index (κ3) is 3.62. The number of nitrogens with zero attached hydrogens (tertiary/aromatic N) is 3. The highest BCUT2D eigenvalue weighted by molar-refractivity contribution is 7.98. The van der Waals surface area contributed by atoms with Crippen molar-refractivity contribution < 1.29 is 9.90 Å². The van der Waals surface area contributed by atoms with Crippen LogP contribution in [0.15, 0.2) is 57.5 Å². The normalized spacial score (nSPS) is 22.2. The van der Waals surface area contributed by atoms with Crippen molar-refractivity contribution in [2.24, 2.45) is 0 Å². The predicted molar refractivity (Wildman–Crippen MR) is 130 cm³/mol. The molecule has 2 heterocycles. The number of hydrogen-bond acceptors (Lipinski definition) is 5. The molecule has 7 heteroatoms. The Morgan fingerprint density at radius 2 is 2.00 bits per heavy atom. The van der Waals surface area contributed by atoms with E-state index in [9.17, 15) is 14.7 Å². The van der Waals surface area contributed by atoms with Gasteiger partial charge in [0, 0.05) is 18.5 Å². The highest BCUT2D eigenvalue weighted by Gasteiger charge is 2.42. The van der Waals surface area contributed by atoms with Gasteiger partial charge in [-0.3, -0.25) is 9.59 Å². The molecule has 0 fully saturated rings. The Labute approximate surface area is 198 Å². The number of fused-ring (bicyclic) bond motifs is 2. The third-order valence-corrected chi connectivity index (χ3v) is 7.86. The van der Waals surface area contributed by atoms with E-state index in [1.165, 1.54) is 34.0 Å². The molecule has 2 aromatic rings. The zero-order valence-electron chi connectivity index (χ0n) is 19.2. The summed E-state index contributed by atoms with van der Waals surface area (Å²) >= 11 is 1.34. The second-order valence-electron chi connectivity index (χ2n) is 9.35. The lowest BCUT2D eigenvalue weighted by atomic mass is 9.83. The van der Waals surface area contributed by atoms with Gasteiger partial charge >= 0.3 is 5.56 Å². The van der Waals surface area contributed by atoms with E-state index in [1.807, 2.05) is 24.7 Å². The Balaban J connectivity index is 1.75. The van der Waals surface area contributed by atoms with Crippen molar-refractivity contribution in [1.82, 2.24) is 14.5 Å². The molecule has 5 rings (SSSR count). The average Bonchev–Trinajstić information content (AvgIpc) is 2.97. The quantitative estimate of drug-likeness (QED) is 0.538. The minimum Gasteiger partial charge on any atom is -0.501 e. The molecule has 1 aromatic carbocycles. The molecule has 172 valence electrons. The summed E-state index contributed by atoms with van der Waals surface area (Å²) in [5.74, 6) is -0.778. The molecule has 0 saturated carbocycles. The van der Waals surface area contributed by atoms with Crippen LogP contribution in [0.2, 0.25) is 0 Å². The van der Waals surface area contributed by atoms with Gasteiger partial charge in [-0.1, -0.05) is 53.8 Å². The van der Waals surface area contributed by atoms with Crippen molar-refractivity contribution in [1.29, 1.82) is 0 Å². The fourth-order valence-electron chi connectivity index (χ4n) is 5.57. The van der Waals surface area contributed by atoms with Gasteiger partial charge in [-0.05, 0) is 62.5 Å². The fraction of sp³-hybridized carbons (Fsp3) is 0.423. The lowest BCUT2D eigenvalue weighted by molar-refractivity contribution is 0.0564. The maximum atomic E-state index is 13.4. The van der Waals surface area contributed by atoms with Gasteiger partial charge in [0.2, 0.25) is 5.75 Å². The Hall–Kier alpha value is -2.80. The van der Waals surface area contributed by atoms with Crippen LogP contribution in [-0.2, 0) is 6.42 Å². The average molecular weight is 464 g/mol. The summed E-state index contributed by atoms with van der Waals surface area (Å²) in [5.41, 5.74) is 4.79. The second-order valence-corrected chi connectivity index (χ2v) is 10.1. The van der Waals surface area contributed by atoms with E-state index in [0.717, 1.165) is 25.7 Å². The molecule has 2 aliphatic carbocycles. The molecule has 3 aliphatic rings. The van der Waals surface area contributed by atoms with Gasteiger partial charge in [-0.25, -0.2) is 0 Å². The molecule has 1 aromatic heterocycles. The lowest BCUT2D eigenvalue weighted by Gasteiger charge is -2.42. The SMILES string of the molecule is CSc1nc(=O)c(O)c2n1[C@@H](C1CC3=C(CCC=C3)Cc3ccccc31)CN(C(C)C)C2=O. The lowest BCUT2D eigenvalue weighted by Crippen LogP contribution is -2.49. The molecule has 0 saturated heterocycles. The van der Waals surface area contributed by atoms with Gasteiger partial charge in [0.25, 0.3) is 5.91 Å². The zero-order valence-corrected chi connectivity index (χ0v) is 20.1. The highest BCUT2D eigenvalue weighted by atomic mass is 32.2. The van der Waals surface area contributed by atoms with Crippen molar-refractivity contribution in [3.8, 4) is 5.75 Å². The molecule has 1 aliphatic heterocycles. The summed E-state index contributed by atoms with van der Waals surface area (Å²) in [5, 5.41) is 11.2.